The summed E-state index contributed by atoms with van der Waals surface area (Å²) in [6.07, 6.45) is -3.93. The number of nitrogens with zero attached hydrogens (tertiary/aromatic N) is 3. The monoisotopic (exact) mass is 645 g/mol. The number of carbonyl (C=O) groups excluding carboxylic acids is 1. The molecule has 2 heterocycles. The minimum absolute atomic E-state index is 0.00252. The number of amides is 1. The Bertz CT molecular complexity index is 1610. The van der Waals surface area contributed by atoms with Gasteiger partial charge in [0.25, 0.3) is 11.6 Å². The van der Waals surface area contributed by atoms with E-state index in [0.29, 0.717) is 23.7 Å². The predicted molar refractivity (Wildman–Crippen MR) is 151 cm³/mol. The molecule has 0 saturated heterocycles. The number of ether oxygens (including phenoxy) is 2. The molecule has 5 rings (SSSR count). The van der Waals surface area contributed by atoms with Gasteiger partial charge in [-0.15, -0.1) is 0 Å². The van der Waals surface area contributed by atoms with Crippen molar-refractivity contribution in [3.63, 3.8) is 0 Å². The van der Waals surface area contributed by atoms with Crippen LogP contribution in [0.1, 0.15) is 41.3 Å². The van der Waals surface area contributed by atoms with Crippen LogP contribution in [0.25, 0.3) is 0 Å². The molecule has 1 aliphatic heterocycles. The molecule has 0 aliphatic carbocycles. The Labute approximate surface area is 245 Å². The van der Waals surface area contributed by atoms with Crippen LogP contribution in [0.5, 0.6) is 17.2 Å². The van der Waals surface area contributed by atoms with Crippen molar-refractivity contribution in [2.45, 2.75) is 31.6 Å². The van der Waals surface area contributed by atoms with E-state index in [2.05, 4.69) is 31.7 Å². The first-order valence-electron chi connectivity index (χ1n) is 12.7. The normalized spacial score (nSPS) is 16.2. The van der Waals surface area contributed by atoms with Gasteiger partial charge < -0.3 is 20.1 Å². The lowest BCUT2D eigenvalue weighted by Gasteiger charge is -2.34. The molecule has 0 spiro atoms. The van der Waals surface area contributed by atoms with Crippen molar-refractivity contribution >= 4 is 39.0 Å². The third kappa shape index (κ3) is 6.33. The van der Waals surface area contributed by atoms with Crippen LogP contribution in [-0.2, 0) is 0 Å². The van der Waals surface area contributed by atoms with Crippen LogP contribution in [-0.4, -0.2) is 33.4 Å². The zero-order chi connectivity index (χ0) is 30.0. The minimum atomic E-state index is -4.63. The molecule has 0 bridgehead atoms. The predicted octanol–water partition coefficient (Wildman–Crippen LogP) is 7.66. The average molecular weight is 646 g/mol. The fourth-order valence-electron chi connectivity index (χ4n) is 4.57. The number of halogens is 4. The topological polar surface area (TPSA) is 121 Å². The van der Waals surface area contributed by atoms with Gasteiger partial charge in [-0.3, -0.25) is 14.9 Å². The number of hydrogen-bond donors (Lipinski definition) is 2. The first kappa shape index (κ1) is 28.9. The van der Waals surface area contributed by atoms with E-state index in [1.54, 1.807) is 48.5 Å². The zero-order valence-corrected chi connectivity index (χ0v) is 23.5. The molecule has 14 heteroatoms. The minimum Gasteiger partial charge on any atom is -0.494 e. The van der Waals surface area contributed by atoms with E-state index < -0.39 is 29.1 Å². The number of fused-ring (bicyclic) bond motifs is 1. The van der Waals surface area contributed by atoms with Gasteiger partial charge in [-0.2, -0.15) is 18.3 Å². The number of nitro groups is 1. The van der Waals surface area contributed by atoms with Gasteiger partial charge in [0, 0.05) is 23.0 Å². The second-order valence-electron chi connectivity index (χ2n) is 9.33. The number of nitrogens with one attached hydrogen (secondary N) is 2. The lowest BCUT2D eigenvalue weighted by Crippen LogP contribution is -2.36. The van der Waals surface area contributed by atoms with Gasteiger partial charge in [0.15, 0.2) is 6.04 Å². The molecule has 0 fully saturated rings. The Kier molecular flexibility index (Phi) is 8.07. The summed E-state index contributed by atoms with van der Waals surface area (Å²) in [5.41, 5.74) is 0.0756. The number of anilines is 2. The molecule has 42 heavy (non-hydrogen) atoms. The molecule has 1 aromatic heterocycles. The van der Waals surface area contributed by atoms with Crippen LogP contribution >= 0.6 is 15.9 Å². The fourth-order valence-corrected chi connectivity index (χ4v) is 4.83. The molecular weight excluding hydrogens is 623 g/mol. The van der Waals surface area contributed by atoms with E-state index in [-0.39, 0.29) is 34.9 Å². The highest BCUT2D eigenvalue weighted by Gasteiger charge is 2.47. The highest BCUT2D eigenvalue weighted by atomic mass is 79.9. The molecule has 10 nitrogen and oxygen atoms in total. The average Bonchev–Trinajstić information content (AvgIpc) is 3.37. The molecule has 1 aliphatic rings. The van der Waals surface area contributed by atoms with Gasteiger partial charge >= 0.3 is 6.18 Å². The van der Waals surface area contributed by atoms with E-state index in [0.717, 1.165) is 21.4 Å². The van der Waals surface area contributed by atoms with Gasteiger partial charge in [-0.05, 0) is 48.9 Å². The maximum Gasteiger partial charge on any atom is 0.410 e. The van der Waals surface area contributed by atoms with Crippen LogP contribution in [0, 0.1) is 10.1 Å². The number of alkyl halides is 3. The first-order chi connectivity index (χ1) is 20.0. The number of benzene rings is 3. The van der Waals surface area contributed by atoms with Gasteiger partial charge in [-0.1, -0.05) is 28.1 Å². The van der Waals surface area contributed by atoms with E-state index in [1.807, 2.05) is 6.92 Å². The van der Waals surface area contributed by atoms with Gasteiger partial charge in [-0.25, -0.2) is 4.68 Å². The third-order valence-corrected chi connectivity index (χ3v) is 7.01. The summed E-state index contributed by atoms with van der Waals surface area (Å²) in [5, 5.41) is 21.0. The first-order valence-corrected chi connectivity index (χ1v) is 13.5. The van der Waals surface area contributed by atoms with Crippen molar-refractivity contribution in [2.24, 2.45) is 0 Å². The highest BCUT2D eigenvalue weighted by molar-refractivity contribution is 9.10. The van der Waals surface area contributed by atoms with E-state index in [1.165, 1.54) is 12.1 Å². The second kappa shape index (κ2) is 11.7. The molecule has 218 valence electrons. The van der Waals surface area contributed by atoms with Crippen molar-refractivity contribution in [3.8, 4) is 17.2 Å². The SMILES string of the molecule is CCOc1ccc(Oc2cc(NC(=O)c3cnn4c3N[C@@H](c3ccc(Br)cc3)C[C@H]4C(F)(F)F)cc([N+](=O)[O-])c2)cc1. The molecule has 0 saturated carbocycles. The maximum atomic E-state index is 14.1. The van der Waals surface area contributed by atoms with Gasteiger partial charge in [0.1, 0.15) is 28.6 Å². The number of non-ortho nitro benzene ring substituents is 1. The summed E-state index contributed by atoms with van der Waals surface area (Å²) in [6.45, 7) is 2.32. The van der Waals surface area contributed by atoms with Gasteiger partial charge in [0.05, 0.1) is 35.5 Å². The van der Waals surface area contributed by atoms with Crippen LogP contribution in [0.4, 0.5) is 30.4 Å². The number of rotatable bonds is 8. The van der Waals surface area contributed by atoms with Crippen molar-refractivity contribution in [1.82, 2.24) is 9.78 Å². The number of carbonyl (C=O) groups is 1. The molecule has 2 N–H and O–H groups in total. The van der Waals surface area contributed by atoms with E-state index in [9.17, 15) is 28.1 Å². The Morgan fingerprint density at radius 3 is 2.45 bits per heavy atom. The second-order valence-corrected chi connectivity index (χ2v) is 10.2. The summed E-state index contributed by atoms with van der Waals surface area (Å²) >= 11 is 3.32. The number of nitro benzene ring substituents is 1. The maximum absolute atomic E-state index is 14.1. The fraction of sp³-hybridized carbons (Fsp3) is 0.214. The lowest BCUT2D eigenvalue weighted by molar-refractivity contribution is -0.384. The molecule has 4 aromatic rings. The highest BCUT2D eigenvalue weighted by Crippen LogP contribution is 2.44. The van der Waals surface area contributed by atoms with Gasteiger partial charge in [0.2, 0.25) is 0 Å². The third-order valence-electron chi connectivity index (χ3n) is 6.49. The molecule has 1 amide bonds. The largest absolute Gasteiger partial charge is 0.494 e. The quantitative estimate of drug-likeness (QED) is 0.149. The smallest absolute Gasteiger partial charge is 0.410 e. The Balaban J connectivity index is 1.43. The Morgan fingerprint density at radius 2 is 1.81 bits per heavy atom. The summed E-state index contributed by atoms with van der Waals surface area (Å²) in [5.74, 6) is 0.110. The number of hydrogen-bond acceptors (Lipinski definition) is 7. The summed E-state index contributed by atoms with van der Waals surface area (Å²) < 4.78 is 54.8. The Morgan fingerprint density at radius 1 is 1.12 bits per heavy atom. The zero-order valence-electron chi connectivity index (χ0n) is 21.9. The van der Waals surface area contributed by atoms with Crippen LogP contribution < -0.4 is 20.1 Å². The Hall–Kier alpha value is -4.59. The van der Waals surface area contributed by atoms with Crippen molar-refractivity contribution in [3.05, 3.63) is 98.6 Å². The van der Waals surface area contributed by atoms with Crippen LogP contribution in [0.2, 0.25) is 0 Å². The van der Waals surface area contributed by atoms with Crippen molar-refractivity contribution in [2.75, 3.05) is 17.2 Å². The molecule has 2 atom stereocenters. The summed E-state index contributed by atoms with van der Waals surface area (Å²) in [6, 6.07) is 14.3. The van der Waals surface area contributed by atoms with Crippen LogP contribution in [0.3, 0.4) is 0 Å². The molecular formula is C28H23BrF3N5O5. The summed E-state index contributed by atoms with van der Waals surface area (Å²) in [7, 11) is 0. The number of aromatic nitrogens is 2. The van der Waals surface area contributed by atoms with E-state index >= 15 is 0 Å². The lowest BCUT2D eigenvalue weighted by atomic mass is 9.96. The molecule has 3 aromatic carbocycles. The molecule has 0 unspecified atom stereocenters. The molecule has 0 radical (unpaired) electrons. The van der Waals surface area contributed by atoms with Crippen LogP contribution in [0.15, 0.2) is 77.4 Å². The van der Waals surface area contributed by atoms with Crippen molar-refractivity contribution < 1.29 is 32.4 Å². The van der Waals surface area contributed by atoms with E-state index in [4.69, 9.17) is 9.47 Å². The van der Waals surface area contributed by atoms with Crippen molar-refractivity contribution in [1.29, 1.82) is 0 Å². The summed E-state index contributed by atoms with van der Waals surface area (Å²) in [4.78, 5) is 24.3. The standard InChI is InChI=1S/C28H23BrF3N5O5/c1-2-41-20-7-9-21(10-8-20)42-22-12-18(11-19(13-22)37(39)40)34-27(38)23-15-33-36-25(28(30,31)32)14-24(35-26(23)36)16-3-5-17(29)6-4-16/h3-13,15,24-25,35H,2,14H2,1H3,(H,34,38)/t24-,25+/m1/s1.